The highest BCUT2D eigenvalue weighted by atomic mass is 16.5. The monoisotopic (exact) mass is 338 g/mol. The summed E-state index contributed by atoms with van der Waals surface area (Å²) < 4.78 is 16.5. The number of carbonyl (C=O) groups is 1. The first-order valence-corrected chi connectivity index (χ1v) is 7.67. The van der Waals surface area contributed by atoms with Gasteiger partial charge in [0.25, 0.3) is 5.91 Å². The molecule has 0 radical (unpaired) electrons. The van der Waals surface area contributed by atoms with Crippen molar-refractivity contribution in [1.29, 1.82) is 0 Å². The highest BCUT2D eigenvalue weighted by Gasteiger charge is 2.15. The molecule has 0 fully saturated rings. The number of methoxy groups -OCH3 is 2. The lowest BCUT2D eigenvalue weighted by molar-refractivity contribution is 0.0960. The quantitative estimate of drug-likeness (QED) is 0.772. The molecule has 0 atom stereocenters. The molecule has 128 valence electrons. The molecule has 0 aliphatic carbocycles. The highest BCUT2D eigenvalue weighted by Crippen LogP contribution is 2.34. The summed E-state index contributed by atoms with van der Waals surface area (Å²) in [7, 11) is 4.69. The second-order valence-electron chi connectivity index (χ2n) is 5.24. The lowest BCUT2D eigenvalue weighted by atomic mass is 10.1. The average Bonchev–Trinajstić information content (AvgIpc) is 2.66. The molecular formula is C19H18N2O4. The smallest absolute Gasteiger partial charge is 0.254 e. The van der Waals surface area contributed by atoms with E-state index in [0.29, 0.717) is 39.5 Å². The average molecular weight is 338 g/mol. The molecule has 1 aromatic heterocycles. The molecule has 0 aliphatic rings. The predicted molar refractivity (Wildman–Crippen MR) is 94.8 cm³/mol. The second-order valence-corrected chi connectivity index (χ2v) is 5.24. The number of aromatic nitrogens is 1. The highest BCUT2D eigenvalue weighted by molar-refractivity contribution is 6.02. The second kappa shape index (κ2) is 7.09. The van der Waals surface area contributed by atoms with E-state index in [-0.39, 0.29) is 5.91 Å². The molecule has 6 heteroatoms. The Labute approximate surface area is 145 Å². The number of rotatable bonds is 5. The minimum Gasteiger partial charge on any atom is -0.497 e. The molecular weight excluding hydrogens is 320 g/mol. The first-order chi connectivity index (χ1) is 12.2. The number of pyridine rings is 1. The number of fused-ring (bicyclic) bond motifs is 1. The fraction of sp³-hybridized carbons (Fsp3) is 0.158. The van der Waals surface area contributed by atoms with Crippen LogP contribution in [0.2, 0.25) is 0 Å². The number of hydrogen-bond acceptors (Lipinski definition) is 5. The van der Waals surface area contributed by atoms with Crippen molar-refractivity contribution in [2.45, 2.75) is 0 Å². The number of carbonyl (C=O) groups excluding carboxylic acids is 1. The Morgan fingerprint density at radius 1 is 1.00 bits per heavy atom. The van der Waals surface area contributed by atoms with Crippen LogP contribution in [0.1, 0.15) is 10.4 Å². The van der Waals surface area contributed by atoms with Crippen molar-refractivity contribution in [1.82, 2.24) is 10.3 Å². The first kappa shape index (κ1) is 16.6. The van der Waals surface area contributed by atoms with Crippen molar-refractivity contribution < 1.29 is 19.0 Å². The molecule has 25 heavy (non-hydrogen) atoms. The Morgan fingerprint density at radius 2 is 1.80 bits per heavy atom. The largest absolute Gasteiger partial charge is 0.497 e. The van der Waals surface area contributed by atoms with Gasteiger partial charge in [0.2, 0.25) is 0 Å². The SMILES string of the molecule is CNC(=O)c1cc2c(Oc3cccc(OC)c3)ccnc2cc1OC. The van der Waals surface area contributed by atoms with Crippen LogP contribution in [0, 0.1) is 0 Å². The summed E-state index contributed by atoms with van der Waals surface area (Å²) in [5.41, 5.74) is 1.09. The summed E-state index contributed by atoms with van der Waals surface area (Å²) in [6.45, 7) is 0. The van der Waals surface area contributed by atoms with E-state index in [0.717, 1.165) is 0 Å². The summed E-state index contributed by atoms with van der Waals surface area (Å²) in [4.78, 5) is 16.5. The van der Waals surface area contributed by atoms with Gasteiger partial charge in [0.15, 0.2) is 0 Å². The van der Waals surface area contributed by atoms with Gasteiger partial charge >= 0.3 is 0 Å². The standard InChI is InChI=1S/C19H18N2O4/c1-20-19(22)15-10-14-16(11-18(15)24-3)21-8-7-17(14)25-13-6-4-5-12(9-13)23-2/h4-11H,1-3H3,(H,20,22). The van der Waals surface area contributed by atoms with Gasteiger partial charge in [0.05, 0.1) is 25.3 Å². The van der Waals surface area contributed by atoms with Gasteiger partial charge in [-0.3, -0.25) is 9.78 Å². The molecule has 0 aliphatic heterocycles. The Morgan fingerprint density at radius 3 is 2.52 bits per heavy atom. The Bertz CT molecular complexity index is 924. The first-order valence-electron chi connectivity index (χ1n) is 7.67. The van der Waals surface area contributed by atoms with Crippen LogP contribution in [0.4, 0.5) is 0 Å². The minimum atomic E-state index is -0.241. The third-order valence-corrected chi connectivity index (χ3v) is 3.76. The normalized spacial score (nSPS) is 10.4. The summed E-state index contributed by atoms with van der Waals surface area (Å²) in [5, 5.41) is 3.32. The van der Waals surface area contributed by atoms with Gasteiger partial charge in [-0.2, -0.15) is 0 Å². The molecule has 0 unspecified atom stereocenters. The van der Waals surface area contributed by atoms with E-state index < -0.39 is 0 Å². The van der Waals surface area contributed by atoms with Crippen LogP contribution in [0.15, 0.2) is 48.7 Å². The van der Waals surface area contributed by atoms with E-state index in [4.69, 9.17) is 14.2 Å². The molecule has 3 rings (SSSR count). The van der Waals surface area contributed by atoms with Crippen LogP contribution in [-0.4, -0.2) is 32.2 Å². The maximum atomic E-state index is 12.1. The van der Waals surface area contributed by atoms with Crippen molar-refractivity contribution in [3.8, 4) is 23.0 Å². The molecule has 0 bridgehead atoms. The van der Waals surface area contributed by atoms with E-state index >= 15 is 0 Å². The third kappa shape index (κ3) is 3.33. The number of hydrogen-bond donors (Lipinski definition) is 1. The van der Waals surface area contributed by atoms with Gasteiger partial charge in [-0.15, -0.1) is 0 Å². The van der Waals surface area contributed by atoms with E-state index in [1.165, 1.54) is 7.11 Å². The van der Waals surface area contributed by atoms with Crippen molar-refractivity contribution in [3.05, 3.63) is 54.2 Å². The maximum absolute atomic E-state index is 12.1. The van der Waals surface area contributed by atoms with E-state index in [1.54, 1.807) is 44.6 Å². The zero-order chi connectivity index (χ0) is 17.8. The molecule has 6 nitrogen and oxygen atoms in total. The summed E-state index contributed by atoms with van der Waals surface area (Å²) in [6, 6.07) is 12.5. The Hall–Kier alpha value is -3.28. The minimum absolute atomic E-state index is 0.241. The predicted octanol–water partition coefficient (Wildman–Crippen LogP) is 3.40. The number of benzene rings is 2. The van der Waals surface area contributed by atoms with Gasteiger partial charge in [-0.1, -0.05) is 6.07 Å². The third-order valence-electron chi connectivity index (χ3n) is 3.76. The molecule has 3 aromatic rings. The number of nitrogens with one attached hydrogen (secondary N) is 1. The maximum Gasteiger partial charge on any atom is 0.254 e. The zero-order valence-corrected chi connectivity index (χ0v) is 14.2. The van der Waals surface area contributed by atoms with Gasteiger partial charge in [-0.05, 0) is 24.3 Å². The molecule has 1 amide bonds. The summed E-state index contributed by atoms with van der Waals surface area (Å²) in [5.74, 6) is 2.13. The number of ether oxygens (including phenoxy) is 3. The van der Waals surface area contributed by atoms with Crippen LogP contribution >= 0.6 is 0 Å². The lowest BCUT2D eigenvalue weighted by Crippen LogP contribution is -2.18. The molecule has 1 N–H and O–H groups in total. The summed E-state index contributed by atoms with van der Waals surface area (Å²) >= 11 is 0. The van der Waals surface area contributed by atoms with Gasteiger partial charge in [0, 0.05) is 30.8 Å². The van der Waals surface area contributed by atoms with Gasteiger partial charge in [0.1, 0.15) is 23.0 Å². The zero-order valence-electron chi connectivity index (χ0n) is 14.2. The molecule has 0 saturated heterocycles. The Balaban J connectivity index is 2.10. The van der Waals surface area contributed by atoms with Crippen molar-refractivity contribution in [3.63, 3.8) is 0 Å². The van der Waals surface area contributed by atoms with Crippen molar-refractivity contribution in [2.24, 2.45) is 0 Å². The van der Waals surface area contributed by atoms with Crippen LogP contribution in [-0.2, 0) is 0 Å². The number of nitrogens with zero attached hydrogens (tertiary/aromatic N) is 1. The fourth-order valence-electron chi connectivity index (χ4n) is 2.51. The van der Waals surface area contributed by atoms with Crippen LogP contribution in [0.3, 0.4) is 0 Å². The van der Waals surface area contributed by atoms with Crippen molar-refractivity contribution in [2.75, 3.05) is 21.3 Å². The number of amides is 1. The van der Waals surface area contributed by atoms with Gasteiger partial charge in [-0.25, -0.2) is 0 Å². The van der Waals surface area contributed by atoms with Crippen LogP contribution in [0.25, 0.3) is 10.9 Å². The van der Waals surface area contributed by atoms with Gasteiger partial charge < -0.3 is 19.5 Å². The topological polar surface area (TPSA) is 69.7 Å². The van der Waals surface area contributed by atoms with E-state index in [1.807, 2.05) is 18.2 Å². The molecule has 1 heterocycles. The molecule has 0 saturated carbocycles. The van der Waals surface area contributed by atoms with E-state index in [2.05, 4.69) is 10.3 Å². The fourth-order valence-corrected chi connectivity index (χ4v) is 2.51. The Kier molecular flexibility index (Phi) is 4.70. The summed E-state index contributed by atoms with van der Waals surface area (Å²) in [6.07, 6.45) is 1.65. The van der Waals surface area contributed by atoms with Crippen molar-refractivity contribution >= 4 is 16.8 Å². The lowest BCUT2D eigenvalue weighted by Gasteiger charge is -2.13. The van der Waals surface area contributed by atoms with Crippen LogP contribution in [0.5, 0.6) is 23.0 Å². The van der Waals surface area contributed by atoms with E-state index in [9.17, 15) is 4.79 Å². The molecule has 2 aromatic carbocycles. The van der Waals surface area contributed by atoms with Crippen LogP contribution < -0.4 is 19.5 Å². The molecule has 0 spiro atoms.